The minimum atomic E-state index is -4.43. The molecule has 2 aromatic rings. The first-order valence-electron chi connectivity index (χ1n) is 8.02. The summed E-state index contributed by atoms with van der Waals surface area (Å²) in [4.78, 5) is 23.9. The zero-order valence-electron chi connectivity index (χ0n) is 15.1. The molecule has 0 radical (unpaired) electrons. The molecule has 0 aliphatic rings. The maximum Gasteiger partial charge on any atom is 0.416 e. The molecule has 0 spiro atoms. The molecular weight excluding hydrogens is 377 g/mol. The summed E-state index contributed by atoms with van der Waals surface area (Å²) in [5.74, 6) is -0.498. The summed E-state index contributed by atoms with van der Waals surface area (Å²) < 4.78 is 52.6. The third-order valence-corrected chi connectivity index (χ3v) is 3.70. The average molecular weight is 394 g/mol. The fraction of sp³-hybridized carbons (Fsp3) is 0.200. The molecule has 0 fully saturated rings. The summed E-state index contributed by atoms with van der Waals surface area (Å²) in [6.45, 7) is -0.515. The molecule has 0 aromatic heterocycles. The minimum Gasteiger partial charge on any atom is -0.497 e. The zero-order valence-corrected chi connectivity index (χ0v) is 15.1. The van der Waals surface area contributed by atoms with Crippen LogP contribution in [0.4, 0.5) is 13.2 Å². The lowest BCUT2D eigenvalue weighted by molar-refractivity contribution is -0.138. The smallest absolute Gasteiger partial charge is 0.416 e. The predicted molar refractivity (Wildman–Crippen MR) is 95.3 cm³/mol. The normalized spacial score (nSPS) is 11.3. The average Bonchev–Trinajstić information content (AvgIpc) is 2.69. The van der Waals surface area contributed by atoms with Gasteiger partial charge in [-0.05, 0) is 35.9 Å². The highest BCUT2D eigenvalue weighted by Crippen LogP contribution is 2.29. The molecule has 0 unspecified atom stereocenters. The van der Waals surface area contributed by atoms with E-state index in [4.69, 9.17) is 14.2 Å². The molecule has 8 heteroatoms. The summed E-state index contributed by atoms with van der Waals surface area (Å²) in [7, 11) is 2.87. The Hall–Kier alpha value is -3.29. The summed E-state index contributed by atoms with van der Waals surface area (Å²) in [5, 5.41) is 0. The second kappa shape index (κ2) is 9.07. The van der Waals surface area contributed by atoms with Gasteiger partial charge < -0.3 is 14.2 Å². The lowest BCUT2D eigenvalue weighted by atomic mass is 10.1. The number of ether oxygens (including phenoxy) is 3. The molecule has 28 heavy (non-hydrogen) atoms. The molecule has 0 saturated heterocycles. The molecule has 5 nitrogen and oxygen atoms in total. The Bertz CT molecular complexity index is 870. The van der Waals surface area contributed by atoms with Crippen LogP contribution in [0.2, 0.25) is 0 Å². The number of hydrogen-bond donors (Lipinski definition) is 0. The van der Waals surface area contributed by atoms with Crippen LogP contribution in [0.3, 0.4) is 0 Å². The second-order valence-electron chi connectivity index (χ2n) is 5.55. The number of methoxy groups -OCH3 is 2. The molecular formula is C20H17F3O5. The number of benzene rings is 2. The number of halogens is 3. The van der Waals surface area contributed by atoms with Crippen molar-refractivity contribution in [2.75, 3.05) is 20.8 Å². The van der Waals surface area contributed by atoms with Crippen molar-refractivity contribution < 1.29 is 37.0 Å². The molecule has 0 atom stereocenters. The van der Waals surface area contributed by atoms with Crippen LogP contribution >= 0.6 is 0 Å². The van der Waals surface area contributed by atoms with Gasteiger partial charge in [-0.3, -0.25) is 4.79 Å². The Morgan fingerprint density at radius 1 is 1.00 bits per heavy atom. The summed E-state index contributed by atoms with van der Waals surface area (Å²) in [6, 6.07) is 8.85. The van der Waals surface area contributed by atoms with Gasteiger partial charge in [-0.1, -0.05) is 12.1 Å². The Balaban J connectivity index is 1.95. The van der Waals surface area contributed by atoms with Gasteiger partial charge >= 0.3 is 12.1 Å². The minimum absolute atomic E-state index is 0.225. The van der Waals surface area contributed by atoms with Gasteiger partial charge in [0.15, 0.2) is 6.61 Å². The summed E-state index contributed by atoms with van der Waals surface area (Å²) in [5.41, 5.74) is -0.179. The lowest BCUT2D eigenvalue weighted by Gasteiger charge is -2.09. The Labute approximate surface area is 159 Å². The maximum absolute atomic E-state index is 12.5. The van der Waals surface area contributed by atoms with Crippen LogP contribution in [0.5, 0.6) is 11.5 Å². The Kier molecular flexibility index (Phi) is 6.81. The number of esters is 1. The molecule has 0 aliphatic carbocycles. The SMILES string of the molecule is COc1ccc(C(=O)COC(=O)/C=C/c2ccc(C(F)(F)F)cc2)c(OC)c1. The van der Waals surface area contributed by atoms with E-state index in [1.165, 1.54) is 44.6 Å². The molecule has 0 bridgehead atoms. The van der Waals surface area contributed by atoms with Crippen molar-refractivity contribution in [3.8, 4) is 11.5 Å². The van der Waals surface area contributed by atoms with E-state index < -0.39 is 30.1 Å². The van der Waals surface area contributed by atoms with E-state index in [9.17, 15) is 22.8 Å². The molecule has 0 aliphatic heterocycles. The Morgan fingerprint density at radius 2 is 1.68 bits per heavy atom. The van der Waals surface area contributed by atoms with E-state index in [1.54, 1.807) is 6.07 Å². The van der Waals surface area contributed by atoms with Gasteiger partial charge in [0.25, 0.3) is 0 Å². The van der Waals surface area contributed by atoms with Crippen molar-refractivity contribution >= 4 is 17.8 Å². The van der Waals surface area contributed by atoms with Gasteiger partial charge in [-0.15, -0.1) is 0 Å². The largest absolute Gasteiger partial charge is 0.497 e. The van der Waals surface area contributed by atoms with E-state index in [-0.39, 0.29) is 11.3 Å². The number of hydrogen-bond acceptors (Lipinski definition) is 5. The summed E-state index contributed by atoms with van der Waals surface area (Å²) >= 11 is 0. The van der Waals surface area contributed by atoms with Crippen LogP contribution in [-0.4, -0.2) is 32.6 Å². The molecule has 0 N–H and O–H groups in total. The Morgan fingerprint density at radius 3 is 2.25 bits per heavy atom. The zero-order chi connectivity index (χ0) is 20.7. The topological polar surface area (TPSA) is 61.8 Å². The van der Waals surface area contributed by atoms with Crippen LogP contribution in [0.25, 0.3) is 6.08 Å². The van der Waals surface area contributed by atoms with Gasteiger partial charge in [0.1, 0.15) is 11.5 Å². The molecule has 0 amide bonds. The molecule has 2 rings (SSSR count). The highest BCUT2D eigenvalue weighted by molar-refractivity contribution is 6.01. The van der Waals surface area contributed by atoms with Gasteiger partial charge in [0, 0.05) is 12.1 Å². The fourth-order valence-corrected chi connectivity index (χ4v) is 2.24. The van der Waals surface area contributed by atoms with Crippen molar-refractivity contribution in [3.63, 3.8) is 0 Å². The van der Waals surface area contributed by atoms with Crippen molar-refractivity contribution in [1.29, 1.82) is 0 Å². The third-order valence-electron chi connectivity index (χ3n) is 3.70. The van der Waals surface area contributed by atoms with E-state index in [0.717, 1.165) is 18.2 Å². The van der Waals surface area contributed by atoms with E-state index >= 15 is 0 Å². The lowest BCUT2D eigenvalue weighted by Crippen LogP contribution is -2.13. The quantitative estimate of drug-likeness (QED) is 0.401. The predicted octanol–water partition coefficient (Wildman–Crippen LogP) is 4.16. The number of alkyl halides is 3. The number of ketones is 1. The van der Waals surface area contributed by atoms with Crippen LogP contribution in [0, 0.1) is 0 Å². The van der Waals surface area contributed by atoms with Gasteiger partial charge in [0.2, 0.25) is 5.78 Å². The third kappa shape index (κ3) is 5.60. The molecule has 2 aromatic carbocycles. The number of Topliss-reactive ketones (excluding diaryl/α,β-unsaturated/α-hetero) is 1. The van der Waals surface area contributed by atoms with E-state index in [0.29, 0.717) is 11.3 Å². The number of rotatable bonds is 7. The first-order valence-corrected chi connectivity index (χ1v) is 8.02. The standard InChI is InChI=1S/C20H17F3O5/c1-26-15-8-9-16(18(11-15)27-2)17(24)12-28-19(25)10-5-13-3-6-14(7-4-13)20(21,22)23/h3-11H,12H2,1-2H3/b10-5+. The first kappa shape index (κ1) is 21.0. The number of carbonyl (C=O) groups excluding carboxylic acids is 2. The fourth-order valence-electron chi connectivity index (χ4n) is 2.24. The van der Waals surface area contributed by atoms with Crippen molar-refractivity contribution in [2.45, 2.75) is 6.18 Å². The van der Waals surface area contributed by atoms with Crippen molar-refractivity contribution in [1.82, 2.24) is 0 Å². The van der Waals surface area contributed by atoms with Gasteiger partial charge in [0.05, 0.1) is 25.3 Å². The van der Waals surface area contributed by atoms with Crippen LogP contribution in [0.15, 0.2) is 48.5 Å². The molecule has 0 heterocycles. The molecule has 0 saturated carbocycles. The van der Waals surface area contributed by atoms with E-state index in [2.05, 4.69) is 0 Å². The summed E-state index contributed by atoms with van der Waals surface area (Å²) in [6.07, 6.45) is -2.11. The maximum atomic E-state index is 12.5. The van der Waals surface area contributed by atoms with Gasteiger partial charge in [-0.25, -0.2) is 4.79 Å². The van der Waals surface area contributed by atoms with Crippen LogP contribution in [0.1, 0.15) is 21.5 Å². The number of carbonyl (C=O) groups is 2. The highest BCUT2D eigenvalue weighted by Gasteiger charge is 2.29. The first-order chi connectivity index (χ1) is 13.2. The van der Waals surface area contributed by atoms with Gasteiger partial charge in [-0.2, -0.15) is 13.2 Å². The van der Waals surface area contributed by atoms with Crippen molar-refractivity contribution in [3.05, 3.63) is 65.2 Å². The van der Waals surface area contributed by atoms with Crippen molar-refractivity contribution in [2.24, 2.45) is 0 Å². The van der Waals surface area contributed by atoms with E-state index in [1.807, 2.05) is 0 Å². The van der Waals surface area contributed by atoms with Crippen LogP contribution in [-0.2, 0) is 15.7 Å². The molecule has 148 valence electrons. The monoisotopic (exact) mass is 394 g/mol. The highest BCUT2D eigenvalue weighted by atomic mass is 19.4. The second-order valence-corrected chi connectivity index (χ2v) is 5.55. The van der Waals surface area contributed by atoms with Crippen LogP contribution < -0.4 is 9.47 Å².